The number of nitrogens with zero attached hydrogens (tertiary/aromatic N) is 4. The van der Waals surface area contributed by atoms with Gasteiger partial charge >= 0.3 is 0 Å². The van der Waals surface area contributed by atoms with Crippen molar-refractivity contribution in [2.75, 3.05) is 26.8 Å². The summed E-state index contributed by atoms with van der Waals surface area (Å²) in [4.78, 5) is 12.7. The zero-order valence-electron chi connectivity index (χ0n) is 12.8. The van der Waals surface area contributed by atoms with Crippen LogP contribution in [0.4, 0.5) is 0 Å². The number of hydrogen-bond acceptors (Lipinski definition) is 5. The SMILES string of the molecule is CC[C@H](c1nnnn1CCOC)[NH+]1CCC(C(N)=O)CC1. The largest absolute Gasteiger partial charge is 0.383 e. The number of piperidine rings is 1. The van der Waals surface area contributed by atoms with Crippen molar-refractivity contribution in [2.24, 2.45) is 11.7 Å². The molecule has 118 valence electrons. The van der Waals surface area contributed by atoms with Crippen molar-refractivity contribution in [3.8, 4) is 0 Å². The fraction of sp³-hybridized carbons (Fsp3) is 0.846. The number of likely N-dealkylation sites (tertiary alicyclic amines) is 1. The quantitative estimate of drug-likeness (QED) is 0.641. The predicted molar refractivity (Wildman–Crippen MR) is 75.3 cm³/mol. The second-order valence-electron chi connectivity index (χ2n) is 5.55. The Labute approximate surface area is 124 Å². The number of tetrazole rings is 1. The molecule has 0 radical (unpaired) electrons. The summed E-state index contributed by atoms with van der Waals surface area (Å²) in [7, 11) is 1.67. The lowest BCUT2D eigenvalue weighted by Gasteiger charge is -2.32. The van der Waals surface area contributed by atoms with Gasteiger partial charge in [0.2, 0.25) is 11.7 Å². The molecule has 1 amide bonds. The number of carbonyl (C=O) groups is 1. The zero-order valence-corrected chi connectivity index (χ0v) is 12.8. The number of nitrogens with one attached hydrogen (secondary N) is 1. The van der Waals surface area contributed by atoms with Gasteiger partial charge in [0.05, 0.1) is 26.2 Å². The average Bonchev–Trinajstić information content (AvgIpc) is 2.95. The van der Waals surface area contributed by atoms with E-state index in [2.05, 4.69) is 22.4 Å². The van der Waals surface area contributed by atoms with E-state index >= 15 is 0 Å². The minimum absolute atomic E-state index is 0.0238. The molecule has 0 aromatic carbocycles. The minimum Gasteiger partial charge on any atom is -0.383 e. The molecule has 0 unspecified atom stereocenters. The number of amides is 1. The van der Waals surface area contributed by atoms with Crippen molar-refractivity contribution in [3.63, 3.8) is 0 Å². The zero-order chi connectivity index (χ0) is 15.2. The molecule has 1 aliphatic heterocycles. The van der Waals surface area contributed by atoms with Crippen LogP contribution in [0.5, 0.6) is 0 Å². The van der Waals surface area contributed by atoms with Gasteiger partial charge in [-0.1, -0.05) is 6.92 Å². The minimum atomic E-state index is -0.174. The molecule has 1 aliphatic rings. The summed E-state index contributed by atoms with van der Waals surface area (Å²) in [5.74, 6) is 0.754. The van der Waals surface area contributed by atoms with Gasteiger partial charge in [0, 0.05) is 32.3 Å². The van der Waals surface area contributed by atoms with E-state index < -0.39 is 0 Å². The Morgan fingerprint density at radius 3 is 2.81 bits per heavy atom. The van der Waals surface area contributed by atoms with Crippen LogP contribution in [-0.2, 0) is 16.1 Å². The Kier molecular flexibility index (Phi) is 5.63. The van der Waals surface area contributed by atoms with E-state index in [4.69, 9.17) is 10.5 Å². The second-order valence-corrected chi connectivity index (χ2v) is 5.55. The van der Waals surface area contributed by atoms with Crippen molar-refractivity contribution < 1.29 is 14.4 Å². The maximum atomic E-state index is 11.3. The van der Waals surface area contributed by atoms with E-state index in [9.17, 15) is 4.79 Å². The van der Waals surface area contributed by atoms with Crippen LogP contribution >= 0.6 is 0 Å². The molecule has 0 bridgehead atoms. The van der Waals surface area contributed by atoms with Gasteiger partial charge in [-0.25, -0.2) is 4.68 Å². The average molecular weight is 297 g/mol. The van der Waals surface area contributed by atoms with E-state index in [1.165, 1.54) is 4.90 Å². The first kappa shape index (κ1) is 15.8. The summed E-state index contributed by atoms with van der Waals surface area (Å²) in [5.41, 5.74) is 5.40. The molecule has 3 N–H and O–H groups in total. The van der Waals surface area contributed by atoms with Crippen molar-refractivity contribution in [3.05, 3.63) is 5.82 Å². The van der Waals surface area contributed by atoms with Crippen LogP contribution in [0.3, 0.4) is 0 Å². The first-order chi connectivity index (χ1) is 10.2. The monoisotopic (exact) mass is 297 g/mol. The van der Waals surface area contributed by atoms with Gasteiger partial charge < -0.3 is 15.4 Å². The van der Waals surface area contributed by atoms with Crippen LogP contribution in [0.25, 0.3) is 0 Å². The van der Waals surface area contributed by atoms with Gasteiger partial charge in [0.1, 0.15) is 6.04 Å². The standard InChI is InChI=1S/C13H24N6O2/c1-3-11(13-15-16-17-19(13)8-9-21-2)18-6-4-10(5-7-18)12(14)20/h10-11H,3-9H2,1-2H3,(H2,14,20)/p+1/t11-/m1/s1. The normalized spacial score (nSPS) is 23.9. The smallest absolute Gasteiger partial charge is 0.220 e. The lowest BCUT2D eigenvalue weighted by Crippen LogP contribution is -3.13. The Hall–Kier alpha value is -1.54. The summed E-state index contributed by atoms with van der Waals surface area (Å²) in [5, 5.41) is 12.1. The highest BCUT2D eigenvalue weighted by Gasteiger charge is 2.33. The molecule has 0 saturated carbocycles. The van der Waals surface area contributed by atoms with Gasteiger partial charge in [-0.3, -0.25) is 4.79 Å². The topological polar surface area (TPSA) is 100 Å². The molecule has 21 heavy (non-hydrogen) atoms. The molecule has 8 nitrogen and oxygen atoms in total. The summed E-state index contributed by atoms with van der Waals surface area (Å²) in [6.07, 6.45) is 2.66. The van der Waals surface area contributed by atoms with Gasteiger partial charge in [-0.15, -0.1) is 5.10 Å². The van der Waals surface area contributed by atoms with E-state index in [0.717, 1.165) is 38.2 Å². The van der Waals surface area contributed by atoms with Crippen LogP contribution in [0.1, 0.15) is 38.1 Å². The van der Waals surface area contributed by atoms with Gasteiger partial charge in [0.15, 0.2) is 0 Å². The number of carbonyl (C=O) groups excluding carboxylic acids is 1. The Bertz CT molecular complexity index is 455. The number of ether oxygens (including phenoxy) is 1. The summed E-state index contributed by atoms with van der Waals surface area (Å²) < 4.78 is 6.92. The molecule has 0 spiro atoms. The third kappa shape index (κ3) is 3.76. The van der Waals surface area contributed by atoms with Gasteiger partial charge in [-0.05, 0) is 10.4 Å². The molecule has 0 aliphatic carbocycles. The fourth-order valence-electron chi connectivity index (χ4n) is 3.07. The summed E-state index contributed by atoms with van der Waals surface area (Å²) in [6, 6.07) is 0.255. The Balaban J connectivity index is 2.03. The number of nitrogens with two attached hydrogens (primary N) is 1. The Morgan fingerprint density at radius 1 is 1.52 bits per heavy atom. The maximum absolute atomic E-state index is 11.3. The second kappa shape index (κ2) is 7.46. The first-order valence-electron chi connectivity index (χ1n) is 7.56. The maximum Gasteiger partial charge on any atom is 0.220 e. The number of quaternary nitrogens is 1. The molecule has 2 rings (SSSR count). The molecule has 1 atom stereocenters. The molecule has 1 saturated heterocycles. The molecular weight excluding hydrogens is 272 g/mol. The lowest BCUT2D eigenvalue weighted by atomic mass is 9.94. The Morgan fingerprint density at radius 2 is 2.24 bits per heavy atom. The summed E-state index contributed by atoms with van der Waals surface area (Å²) >= 11 is 0. The van der Waals surface area contributed by atoms with Crippen molar-refractivity contribution in [1.82, 2.24) is 20.2 Å². The number of rotatable bonds is 7. The molecule has 1 aromatic rings. The van der Waals surface area contributed by atoms with Gasteiger partial charge in [0.25, 0.3) is 0 Å². The highest BCUT2D eigenvalue weighted by Crippen LogP contribution is 2.14. The third-order valence-corrected chi connectivity index (χ3v) is 4.31. The number of hydrogen-bond donors (Lipinski definition) is 2. The molecule has 2 heterocycles. The highest BCUT2D eigenvalue weighted by atomic mass is 16.5. The van der Waals surface area contributed by atoms with Crippen molar-refractivity contribution in [2.45, 2.75) is 38.8 Å². The van der Waals surface area contributed by atoms with Crippen LogP contribution in [0.2, 0.25) is 0 Å². The lowest BCUT2D eigenvalue weighted by molar-refractivity contribution is -0.938. The third-order valence-electron chi connectivity index (χ3n) is 4.31. The van der Waals surface area contributed by atoms with Crippen LogP contribution in [0.15, 0.2) is 0 Å². The van der Waals surface area contributed by atoms with Crippen LogP contribution in [-0.4, -0.2) is 52.9 Å². The van der Waals surface area contributed by atoms with E-state index in [1.807, 2.05) is 4.68 Å². The van der Waals surface area contributed by atoms with Crippen LogP contribution in [0, 0.1) is 5.92 Å². The van der Waals surface area contributed by atoms with E-state index in [-0.39, 0.29) is 17.9 Å². The highest BCUT2D eigenvalue weighted by molar-refractivity contribution is 5.76. The molecule has 1 fully saturated rings. The predicted octanol–water partition coefficient (Wildman–Crippen LogP) is -1.45. The molecule has 8 heteroatoms. The first-order valence-corrected chi connectivity index (χ1v) is 7.56. The van der Waals surface area contributed by atoms with Crippen molar-refractivity contribution >= 4 is 5.91 Å². The fourth-order valence-corrected chi connectivity index (χ4v) is 3.07. The molecule has 1 aromatic heterocycles. The van der Waals surface area contributed by atoms with E-state index in [1.54, 1.807) is 7.11 Å². The van der Waals surface area contributed by atoms with Crippen LogP contribution < -0.4 is 10.6 Å². The molecular formula is C13H25N6O2+. The summed E-state index contributed by atoms with van der Waals surface area (Å²) in [6.45, 7) is 5.26. The van der Waals surface area contributed by atoms with Crippen molar-refractivity contribution in [1.29, 1.82) is 0 Å². The van der Waals surface area contributed by atoms with E-state index in [0.29, 0.717) is 13.2 Å². The number of methoxy groups -OCH3 is 1. The number of aromatic nitrogens is 4. The number of primary amides is 1. The van der Waals surface area contributed by atoms with Gasteiger partial charge in [-0.2, -0.15) is 0 Å².